The minimum absolute atomic E-state index is 0.0222. The minimum Gasteiger partial charge on any atom is -0.463 e. The molecular formula is C16H20O7. The van der Waals surface area contributed by atoms with Crippen LogP contribution in [0.5, 0.6) is 0 Å². The zero-order valence-corrected chi connectivity index (χ0v) is 12.9. The number of hydrogen-bond donors (Lipinski definition) is 0. The molecule has 0 unspecified atom stereocenters. The molecule has 0 aromatic carbocycles. The van der Waals surface area contributed by atoms with Crippen LogP contribution in [-0.2, 0) is 33.3 Å². The van der Waals surface area contributed by atoms with Crippen LogP contribution in [0.3, 0.4) is 0 Å². The summed E-state index contributed by atoms with van der Waals surface area (Å²) in [6, 6.07) is 0. The van der Waals surface area contributed by atoms with Gasteiger partial charge in [-0.2, -0.15) is 0 Å². The summed E-state index contributed by atoms with van der Waals surface area (Å²) in [5.41, 5.74) is 0. The van der Waals surface area contributed by atoms with Crippen molar-refractivity contribution in [2.24, 2.45) is 5.92 Å². The second-order valence-electron chi connectivity index (χ2n) is 6.20. The van der Waals surface area contributed by atoms with Gasteiger partial charge in [0.2, 0.25) is 0 Å². The number of fused-ring (bicyclic) bond motifs is 1. The molecule has 3 aliphatic rings. The summed E-state index contributed by atoms with van der Waals surface area (Å²) in [5, 5.41) is 0. The van der Waals surface area contributed by atoms with Gasteiger partial charge in [-0.25, -0.2) is 9.59 Å². The molecule has 2 fully saturated rings. The molecule has 0 amide bonds. The van der Waals surface area contributed by atoms with E-state index in [1.807, 2.05) is 0 Å². The maximum absolute atomic E-state index is 11.8. The fourth-order valence-corrected chi connectivity index (χ4v) is 3.00. The van der Waals surface area contributed by atoms with Crippen LogP contribution in [0.15, 0.2) is 12.2 Å². The van der Waals surface area contributed by atoms with Gasteiger partial charge in [0.1, 0.15) is 12.7 Å². The second-order valence-corrected chi connectivity index (χ2v) is 6.20. The van der Waals surface area contributed by atoms with Crippen molar-refractivity contribution in [3.05, 3.63) is 12.2 Å². The predicted molar refractivity (Wildman–Crippen MR) is 76.2 cm³/mol. The first-order chi connectivity index (χ1) is 11.0. The molecule has 7 heteroatoms. The van der Waals surface area contributed by atoms with Gasteiger partial charge in [0.25, 0.3) is 0 Å². The number of carbonyl (C=O) groups excluding carboxylic acids is 3. The molecule has 0 aromatic heterocycles. The molecule has 1 aliphatic carbocycles. The quantitative estimate of drug-likeness (QED) is 0.561. The van der Waals surface area contributed by atoms with E-state index in [2.05, 4.69) is 0 Å². The molecule has 23 heavy (non-hydrogen) atoms. The summed E-state index contributed by atoms with van der Waals surface area (Å²) in [6.45, 7) is 1.70. The van der Waals surface area contributed by atoms with E-state index in [9.17, 15) is 14.4 Å². The van der Waals surface area contributed by atoms with Gasteiger partial charge < -0.3 is 18.9 Å². The van der Waals surface area contributed by atoms with Gasteiger partial charge in [-0.05, 0) is 25.7 Å². The highest BCUT2D eigenvalue weighted by atomic mass is 16.6. The Labute approximate surface area is 133 Å². The summed E-state index contributed by atoms with van der Waals surface area (Å²) < 4.78 is 21.4. The molecule has 4 atom stereocenters. The lowest BCUT2D eigenvalue weighted by Gasteiger charge is -2.25. The molecule has 2 heterocycles. The zero-order chi connectivity index (χ0) is 16.4. The Morgan fingerprint density at radius 1 is 1.17 bits per heavy atom. The highest BCUT2D eigenvalue weighted by Gasteiger charge is 2.48. The van der Waals surface area contributed by atoms with E-state index in [0.717, 1.165) is 25.0 Å². The molecule has 7 nitrogen and oxygen atoms in total. The third kappa shape index (κ3) is 3.72. The van der Waals surface area contributed by atoms with E-state index >= 15 is 0 Å². The Hall–Kier alpha value is -1.89. The van der Waals surface area contributed by atoms with Crippen LogP contribution in [0, 0.1) is 5.92 Å². The van der Waals surface area contributed by atoms with E-state index in [-0.39, 0.29) is 12.6 Å². The summed E-state index contributed by atoms with van der Waals surface area (Å²) in [6.07, 6.45) is 3.19. The lowest BCUT2D eigenvalue weighted by Crippen LogP contribution is -2.42. The highest BCUT2D eigenvalue weighted by Crippen LogP contribution is 2.31. The first-order valence-electron chi connectivity index (χ1n) is 7.93. The van der Waals surface area contributed by atoms with Crippen molar-refractivity contribution in [1.29, 1.82) is 0 Å². The van der Waals surface area contributed by atoms with Crippen molar-refractivity contribution in [3.63, 3.8) is 0 Å². The molecule has 1 saturated heterocycles. The van der Waals surface area contributed by atoms with E-state index in [1.54, 1.807) is 6.92 Å². The number of esters is 3. The molecule has 0 bridgehead atoms. The van der Waals surface area contributed by atoms with Crippen LogP contribution >= 0.6 is 0 Å². The summed E-state index contributed by atoms with van der Waals surface area (Å²) >= 11 is 0. The second kappa shape index (κ2) is 6.70. The third-order valence-corrected chi connectivity index (χ3v) is 4.49. The molecule has 1 saturated carbocycles. The minimum atomic E-state index is -0.775. The first kappa shape index (κ1) is 16.0. The number of ether oxygens (including phenoxy) is 4. The zero-order valence-electron chi connectivity index (χ0n) is 12.9. The van der Waals surface area contributed by atoms with Crippen LogP contribution < -0.4 is 0 Å². The third-order valence-electron chi connectivity index (χ3n) is 4.49. The topological polar surface area (TPSA) is 88.1 Å². The molecule has 126 valence electrons. The number of carbonyl (C=O) groups is 3. The normalized spacial score (nSPS) is 35.2. The van der Waals surface area contributed by atoms with Crippen molar-refractivity contribution in [2.75, 3.05) is 6.61 Å². The fourth-order valence-electron chi connectivity index (χ4n) is 3.00. The lowest BCUT2D eigenvalue weighted by molar-refractivity contribution is -0.164. The summed E-state index contributed by atoms with van der Waals surface area (Å²) in [4.78, 5) is 35.0. The maximum Gasteiger partial charge on any atom is 0.331 e. The molecule has 0 aromatic rings. The molecule has 3 rings (SSSR count). The van der Waals surface area contributed by atoms with Crippen molar-refractivity contribution >= 4 is 17.9 Å². The van der Waals surface area contributed by atoms with Gasteiger partial charge in [0, 0.05) is 18.6 Å². The largest absolute Gasteiger partial charge is 0.463 e. The standard InChI is InChI=1S/C16H20O7/c1-9-15-16(23-13(18)6-5-12(17)22-15)11(21-9)8-20-14(19)7-10-3-2-4-10/h5-6,9-11,15-16H,2-4,7-8H2,1H3/b6-5-/t9-,11+,15-,16+/m0/s1. The van der Waals surface area contributed by atoms with Crippen molar-refractivity contribution in [2.45, 2.75) is 57.0 Å². The summed E-state index contributed by atoms with van der Waals surface area (Å²) in [7, 11) is 0. The van der Waals surface area contributed by atoms with Crippen molar-refractivity contribution in [1.82, 2.24) is 0 Å². The number of rotatable bonds is 4. The Morgan fingerprint density at radius 3 is 2.43 bits per heavy atom. The lowest BCUT2D eigenvalue weighted by atomic mass is 9.83. The van der Waals surface area contributed by atoms with Gasteiger partial charge in [-0.3, -0.25) is 4.79 Å². The Morgan fingerprint density at radius 2 is 1.83 bits per heavy atom. The van der Waals surface area contributed by atoms with Gasteiger partial charge in [0.05, 0.1) is 6.10 Å². The Bertz CT molecular complexity index is 523. The predicted octanol–water partition coefficient (Wildman–Crippen LogP) is 0.900. The van der Waals surface area contributed by atoms with Crippen LogP contribution in [-0.4, -0.2) is 48.9 Å². The average Bonchev–Trinajstić information content (AvgIpc) is 2.73. The van der Waals surface area contributed by atoms with E-state index in [1.165, 1.54) is 6.42 Å². The first-order valence-corrected chi connectivity index (χ1v) is 7.93. The maximum atomic E-state index is 11.8. The van der Waals surface area contributed by atoms with E-state index in [4.69, 9.17) is 18.9 Å². The molecule has 0 radical (unpaired) electrons. The van der Waals surface area contributed by atoms with Crippen LogP contribution in [0.25, 0.3) is 0 Å². The fraction of sp³-hybridized carbons (Fsp3) is 0.688. The van der Waals surface area contributed by atoms with Crippen LogP contribution in [0.2, 0.25) is 0 Å². The molecular weight excluding hydrogens is 304 g/mol. The monoisotopic (exact) mass is 324 g/mol. The van der Waals surface area contributed by atoms with Gasteiger partial charge in [0.15, 0.2) is 12.2 Å². The van der Waals surface area contributed by atoms with Gasteiger partial charge >= 0.3 is 17.9 Å². The molecule has 0 spiro atoms. The number of hydrogen-bond acceptors (Lipinski definition) is 7. The van der Waals surface area contributed by atoms with Crippen LogP contribution in [0.4, 0.5) is 0 Å². The molecule has 2 aliphatic heterocycles. The van der Waals surface area contributed by atoms with Crippen molar-refractivity contribution < 1.29 is 33.3 Å². The van der Waals surface area contributed by atoms with Gasteiger partial charge in [-0.15, -0.1) is 0 Å². The highest BCUT2D eigenvalue weighted by molar-refractivity contribution is 5.92. The van der Waals surface area contributed by atoms with Gasteiger partial charge in [-0.1, -0.05) is 6.42 Å². The van der Waals surface area contributed by atoms with Crippen molar-refractivity contribution in [3.8, 4) is 0 Å². The van der Waals surface area contributed by atoms with Crippen LogP contribution in [0.1, 0.15) is 32.6 Å². The van der Waals surface area contributed by atoms with E-state index < -0.39 is 36.4 Å². The summed E-state index contributed by atoms with van der Waals surface area (Å²) in [5.74, 6) is -1.11. The average molecular weight is 324 g/mol. The Kier molecular flexibility index (Phi) is 4.66. The Balaban J connectivity index is 1.58. The van der Waals surface area contributed by atoms with E-state index in [0.29, 0.717) is 12.3 Å². The smallest absolute Gasteiger partial charge is 0.331 e. The SMILES string of the molecule is C[C@@H]1O[C@H](COC(=O)CC2CCC2)[C@H]2OC(=O)/C=C\C(=O)O[C@H]21. The molecule has 0 N–H and O–H groups in total.